The molecule has 1 aliphatic heterocycles. The highest BCUT2D eigenvalue weighted by Gasteiger charge is 2.33. The Morgan fingerprint density at radius 1 is 1.03 bits per heavy atom. The molecule has 0 N–H and O–H groups in total. The van der Waals surface area contributed by atoms with Crippen molar-refractivity contribution in [1.82, 2.24) is 9.21 Å². The fraction of sp³-hybridized carbons (Fsp3) is 0.500. The van der Waals surface area contributed by atoms with E-state index in [1.54, 1.807) is 19.2 Å². The van der Waals surface area contributed by atoms with Crippen LogP contribution in [0.2, 0.25) is 0 Å². The van der Waals surface area contributed by atoms with Gasteiger partial charge in [0.25, 0.3) is 0 Å². The van der Waals surface area contributed by atoms with Gasteiger partial charge in [-0.1, -0.05) is 12.1 Å². The number of amides is 1. The fourth-order valence-electron chi connectivity index (χ4n) is 4.28. The molecule has 1 fully saturated rings. The quantitative estimate of drug-likeness (QED) is 0.530. The van der Waals surface area contributed by atoms with E-state index in [2.05, 4.69) is 0 Å². The number of hydrogen-bond acceptors (Lipinski definition) is 5. The minimum Gasteiger partial charge on any atom is -0.493 e. The van der Waals surface area contributed by atoms with Gasteiger partial charge < -0.3 is 14.4 Å². The van der Waals surface area contributed by atoms with Gasteiger partial charge in [-0.25, -0.2) is 8.42 Å². The monoisotopic (exact) mass is 488 g/mol. The van der Waals surface area contributed by atoms with Gasteiger partial charge in [-0.2, -0.15) is 4.31 Å². The first-order valence-electron chi connectivity index (χ1n) is 11.9. The normalized spacial score (nSPS) is 15.2. The number of ether oxygens (including phenoxy) is 2. The number of sulfonamides is 1. The molecular formula is C26H36N2O5S. The van der Waals surface area contributed by atoms with Crippen LogP contribution in [0.15, 0.2) is 41.3 Å². The van der Waals surface area contributed by atoms with Gasteiger partial charge in [-0.05, 0) is 81.5 Å². The number of rotatable bonds is 9. The van der Waals surface area contributed by atoms with E-state index in [4.69, 9.17) is 9.47 Å². The Morgan fingerprint density at radius 3 is 2.32 bits per heavy atom. The van der Waals surface area contributed by atoms with Gasteiger partial charge in [-0.15, -0.1) is 0 Å². The minimum atomic E-state index is -3.56. The lowest BCUT2D eigenvalue weighted by Gasteiger charge is -2.33. The average molecular weight is 489 g/mol. The van der Waals surface area contributed by atoms with Crippen molar-refractivity contribution >= 4 is 15.9 Å². The third kappa shape index (κ3) is 5.73. The average Bonchev–Trinajstić information content (AvgIpc) is 2.84. The summed E-state index contributed by atoms with van der Waals surface area (Å²) in [5, 5.41) is 0. The SMILES string of the molecule is CCOc1ccc(CN(CC)C(=O)C2CCN(S(=O)(=O)c3ccc(C)c(C)c3)CC2)cc1OC. The molecule has 0 spiro atoms. The summed E-state index contributed by atoms with van der Waals surface area (Å²) in [5.41, 5.74) is 2.98. The summed E-state index contributed by atoms with van der Waals surface area (Å²) in [6.07, 6.45) is 1.04. The zero-order valence-electron chi connectivity index (χ0n) is 20.8. The van der Waals surface area contributed by atoms with Crippen LogP contribution in [0.5, 0.6) is 11.5 Å². The molecule has 8 heteroatoms. The zero-order valence-corrected chi connectivity index (χ0v) is 21.7. The van der Waals surface area contributed by atoms with Gasteiger partial charge in [0.15, 0.2) is 11.5 Å². The molecule has 0 aromatic heterocycles. The van der Waals surface area contributed by atoms with Crippen molar-refractivity contribution in [3.05, 3.63) is 53.1 Å². The van der Waals surface area contributed by atoms with E-state index in [9.17, 15) is 13.2 Å². The number of hydrogen-bond donors (Lipinski definition) is 0. The molecule has 0 bridgehead atoms. The molecule has 0 atom stereocenters. The summed E-state index contributed by atoms with van der Waals surface area (Å²) in [4.78, 5) is 15.4. The maximum atomic E-state index is 13.3. The Hall–Kier alpha value is -2.58. The van der Waals surface area contributed by atoms with Gasteiger partial charge in [0.05, 0.1) is 18.6 Å². The highest BCUT2D eigenvalue weighted by atomic mass is 32.2. The standard InChI is InChI=1S/C26H36N2O5S/c1-6-27(18-21-9-11-24(33-7-2)25(17-21)32-5)26(29)22-12-14-28(15-13-22)34(30,31)23-10-8-19(3)20(4)16-23/h8-11,16-17,22H,6-7,12-15,18H2,1-5H3. The van der Waals surface area contributed by atoms with Gasteiger partial charge >= 0.3 is 0 Å². The minimum absolute atomic E-state index is 0.0681. The summed E-state index contributed by atoms with van der Waals surface area (Å²) < 4.78 is 38.7. The molecule has 1 saturated heterocycles. The summed E-state index contributed by atoms with van der Waals surface area (Å²) in [6, 6.07) is 11.0. The van der Waals surface area contributed by atoms with Crippen LogP contribution in [0.1, 0.15) is 43.4 Å². The number of nitrogens with zero attached hydrogens (tertiary/aromatic N) is 2. The van der Waals surface area contributed by atoms with Crippen molar-refractivity contribution in [3.8, 4) is 11.5 Å². The Morgan fingerprint density at radius 2 is 1.74 bits per heavy atom. The maximum absolute atomic E-state index is 13.3. The molecule has 7 nitrogen and oxygen atoms in total. The fourth-order valence-corrected chi connectivity index (χ4v) is 5.83. The molecule has 2 aromatic rings. The van der Waals surface area contributed by atoms with E-state index >= 15 is 0 Å². The van der Waals surface area contributed by atoms with E-state index in [1.807, 2.05) is 56.9 Å². The van der Waals surface area contributed by atoms with E-state index in [1.165, 1.54) is 4.31 Å². The van der Waals surface area contributed by atoms with Crippen LogP contribution in [0.3, 0.4) is 0 Å². The zero-order chi connectivity index (χ0) is 24.9. The predicted molar refractivity (Wildman–Crippen MR) is 133 cm³/mol. The van der Waals surface area contributed by atoms with Crippen LogP contribution in [0.4, 0.5) is 0 Å². The lowest BCUT2D eigenvalue weighted by Crippen LogP contribution is -2.44. The molecule has 34 heavy (non-hydrogen) atoms. The van der Waals surface area contributed by atoms with Crippen LogP contribution >= 0.6 is 0 Å². The predicted octanol–water partition coefficient (Wildman–Crippen LogP) is 4.16. The third-order valence-electron chi connectivity index (χ3n) is 6.51. The molecule has 0 aliphatic carbocycles. The van der Waals surface area contributed by atoms with Crippen LogP contribution in [-0.2, 0) is 21.4 Å². The van der Waals surface area contributed by atoms with Crippen molar-refractivity contribution in [2.45, 2.75) is 52.0 Å². The molecule has 0 unspecified atom stereocenters. The Labute approximate surface area is 203 Å². The van der Waals surface area contributed by atoms with Crippen molar-refractivity contribution in [2.75, 3.05) is 33.4 Å². The number of carbonyl (C=O) groups excluding carboxylic acids is 1. The molecule has 2 aromatic carbocycles. The van der Waals surface area contributed by atoms with Crippen molar-refractivity contribution in [1.29, 1.82) is 0 Å². The molecule has 0 saturated carbocycles. The number of piperidine rings is 1. The van der Waals surface area contributed by atoms with Crippen molar-refractivity contribution in [3.63, 3.8) is 0 Å². The summed E-state index contributed by atoms with van der Waals surface area (Å²) >= 11 is 0. The van der Waals surface area contributed by atoms with Crippen LogP contribution in [-0.4, -0.2) is 56.9 Å². The highest BCUT2D eigenvalue weighted by Crippen LogP contribution is 2.30. The summed E-state index contributed by atoms with van der Waals surface area (Å²) in [5.74, 6) is 1.21. The van der Waals surface area contributed by atoms with Gasteiger partial charge in [-0.3, -0.25) is 4.79 Å². The lowest BCUT2D eigenvalue weighted by molar-refractivity contribution is -0.137. The Bertz CT molecular complexity index is 1110. The topological polar surface area (TPSA) is 76.2 Å². The van der Waals surface area contributed by atoms with Crippen LogP contribution in [0, 0.1) is 19.8 Å². The lowest BCUT2D eigenvalue weighted by atomic mass is 9.96. The first-order valence-corrected chi connectivity index (χ1v) is 13.3. The second-order valence-corrected chi connectivity index (χ2v) is 10.6. The first kappa shape index (κ1) is 26.0. The third-order valence-corrected chi connectivity index (χ3v) is 8.41. The molecule has 3 rings (SSSR count). The molecule has 1 heterocycles. The maximum Gasteiger partial charge on any atom is 0.243 e. The number of benzene rings is 2. The van der Waals surface area contributed by atoms with Crippen LogP contribution in [0.25, 0.3) is 0 Å². The number of aryl methyl sites for hydroxylation is 2. The largest absolute Gasteiger partial charge is 0.493 e. The molecule has 0 radical (unpaired) electrons. The summed E-state index contributed by atoms with van der Waals surface area (Å²) in [7, 11) is -1.96. The van der Waals surface area contributed by atoms with E-state index in [-0.39, 0.29) is 11.8 Å². The number of carbonyl (C=O) groups is 1. The smallest absolute Gasteiger partial charge is 0.243 e. The Balaban J connectivity index is 1.65. The number of methoxy groups -OCH3 is 1. The van der Waals surface area contributed by atoms with E-state index in [0.29, 0.717) is 62.0 Å². The van der Waals surface area contributed by atoms with Crippen molar-refractivity contribution in [2.24, 2.45) is 5.92 Å². The molecule has 1 aliphatic rings. The molecule has 1 amide bonds. The van der Waals surface area contributed by atoms with E-state index in [0.717, 1.165) is 16.7 Å². The van der Waals surface area contributed by atoms with Gasteiger partial charge in [0.1, 0.15) is 0 Å². The van der Waals surface area contributed by atoms with Crippen LogP contribution < -0.4 is 9.47 Å². The Kier molecular flexibility index (Phi) is 8.60. The second kappa shape index (κ2) is 11.2. The van der Waals surface area contributed by atoms with E-state index < -0.39 is 10.0 Å². The first-order chi connectivity index (χ1) is 16.2. The van der Waals surface area contributed by atoms with Gasteiger partial charge in [0, 0.05) is 32.1 Å². The summed E-state index contributed by atoms with van der Waals surface area (Å²) in [6.45, 7) is 10.1. The van der Waals surface area contributed by atoms with Crippen molar-refractivity contribution < 1.29 is 22.7 Å². The molecule has 186 valence electrons. The highest BCUT2D eigenvalue weighted by molar-refractivity contribution is 7.89. The van der Waals surface area contributed by atoms with Gasteiger partial charge in [0.2, 0.25) is 15.9 Å². The second-order valence-electron chi connectivity index (χ2n) is 8.70. The molecular weight excluding hydrogens is 452 g/mol.